The van der Waals surface area contributed by atoms with Gasteiger partial charge in [0, 0.05) is 0 Å². The van der Waals surface area contributed by atoms with E-state index < -0.39 is 79.9 Å². The van der Waals surface area contributed by atoms with Crippen LogP contribution in [0.2, 0.25) is 0 Å². The van der Waals surface area contributed by atoms with E-state index in [-0.39, 0.29) is 0 Å². The van der Waals surface area contributed by atoms with Crippen molar-refractivity contribution in [3.05, 3.63) is 0 Å². The first-order valence-corrected chi connectivity index (χ1v) is 8.32. The molecule has 0 bridgehead atoms. The fraction of sp³-hybridized carbons (Fsp3) is 1.00. The Morgan fingerprint density at radius 3 is 0.605 bits per heavy atom. The molecule has 0 fully saturated rings. The lowest BCUT2D eigenvalue weighted by atomic mass is 10.0. The van der Waals surface area contributed by atoms with Gasteiger partial charge in [-0.1, -0.05) is 0 Å². The molecule has 0 unspecified atom stereocenters. The SMILES string of the molecule is OCC(F)(F)C(F)(F)OC(F)(F)C(F)(C(F)(F)OC(F)(F)C(F)(F)CO)C(F)(F)OC(F)(F)C(F)(F)CO. The van der Waals surface area contributed by atoms with Crippen molar-refractivity contribution in [2.75, 3.05) is 19.8 Å². The van der Waals surface area contributed by atoms with Crippen LogP contribution in [0, 0.1) is 0 Å². The third kappa shape index (κ3) is 6.10. The summed E-state index contributed by atoms with van der Waals surface area (Å²) in [6, 6.07) is 0. The van der Waals surface area contributed by atoms with E-state index in [1.165, 1.54) is 14.2 Å². The third-order valence-corrected chi connectivity index (χ3v) is 3.85. The van der Waals surface area contributed by atoms with Gasteiger partial charge in [-0.3, -0.25) is 0 Å². The summed E-state index contributed by atoms with van der Waals surface area (Å²) >= 11 is 0. The van der Waals surface area contributed by atoms with Gasteiger partial charge in [-0.25, -0.2) is 18.6 Å². The monoisotopic (exact) mass is 622 g/mol. The minimum Gasteiger partial charge on any atom is -0.390 e. The Hall–Kier alpha value is -1.57. The lowest BCUT2D eigenvalue weighted by Gasteiger charge is -2.44. The van der Waals surface area contributed by atoms with Crippen molar-refractivity contribution in [3.8, 4) is 0 Å². The van der Waals surface area contributed by atoms with Crippen LogP contribution < -0.4 is 0 Å². The Labute approximate surface area is 194 Å². The fourth-order valence-electron chi connectivity index (χ4n) is 1.70. The molecule has 0 aromatic rings. The van der Waals surface area contributed by atoms with Crippen molar-refractivity contribution in [2.24, 2.45) is 0 Å². The molecule has 0 rings (SSSR count). The molecule has 6 nitrogen and oxygen atoms in total. The number of aliphatic hydroxyl groups excluding tert-OH is 3. The Morgan fingerprint density at radius 2 is 0.474 bits per heavy atom. The van der Waals surface area contributed by atoms with Gasteiger partial charge in [0.05, 0.1) is 0 Å². The first-order valence-electron chi connectivity index (χ1n) is 8.32. The predicted molar refractivity (Wildman–Crippen MR) is 72.9 cm³/mol. The van der Waals surface area contributed by atoms with Gasteiger partial charge in [0.1, 0.15) is 19.8 Å². The molecule has 38 heavy (non-hydrogen) atoms. The zero-order valence-corrected chi connectivity index (χ0v) is 16.9. The van der Waals surface area contributed by atoms with Gasteiger partial charge in [-0.2, -0.15) is 79.0 Å². The molecule has 0 amide bonds. The number of hydrogen-bond acceptors (Lipinski definition) is 6. The predicted octanol–water partition coefficient (Wildman–Crippen LogP) is 4.18. The van der Waals surface area contributed by atoms with Crippen molar-refractivity contribution in [1.82, 2.24) is 0 Å². The molecule has 3 N–H and O–H groups in total. The summed E-state index contributed by atoms with van der Waals surface area (Å²) in [7, 11) is 0. The second-order valence-corrected chi connectivity index (χ2v) is 6.65. The van der Waals surface area contributed by atoms with Crippen LogP contribution in [0.4, 0.5) is 83.4 Å². The normalized spacial score (nSPS) is 16.3. The average Bonchev–Trinajstić information content (AvgIpc) is 2.69. The Morgan fingerprint density at radius 1 is 0.316 bits per heavy atom. The van der Waals surface area contributed by atoms with Crippen molar-refractivity contribution in [2.45, 2.75) is 60.1 Å². The third-order valence-electron chi connectivity index (χ3n) is 3.85. The smallest absolute Gasteiger partial charge is 0.390 e. The Balaban J connectivity index is 7.31. The van der Waals surface area contributed by atoms with Gasteiger partial charge in [0.25, 0.3) is 0 Å². The first-order chi connectivity index (χ1) is 16.3. The molecule has 0 aliphatic rings. The van der Waals surface area contributed by atoms with Crippen LogP contribution in [-0.4, -0.2) is 95.2 Å². The van der Waals surface area contributed by atoms with Crippen molar-refractivity contribution >= 4 is 0 Å². The maximum Gasteiger partial charge on any atom is 0.426 e. The van der Waals surface area contributed by atoms with Crippen LogP contribution in [0.5, 0.6) is 0 Å². The molecule has 0 aromatic heterocycles. The molecule has 0 saturated carbocycles. The summed E-state index contributed by atoms with van der Waals surface area (Å²) in [5, 5.41) is 23.9. The van der Waals surface area contributed by atoms with E-state index in [0.29, 0.717) is 0 Å². The maximum atomic E-state index is 14.6. The highest BCUT2D eigenvalue weighted by molar-refractivity contribution is 5.05. The highest BCUT2D eigenvalue weighted by atomic mass is 19.4. The average molecular weight is 622 g/mol. The largest absolute Gasteiger partial charge is 0.426 e. The lowest BCUT2D eigenvalue weighted by molar-refractivity contribution is -0.567. The molecule has 0 saturated heterocycles. The lowest BCUT2D eigenvalue weighted by Crippen LogP contribution is -2.74. The summed E-state index contributed by atoms with van der Waals surface area (Å²) in [5.74, 6) is -19.6. The van der Waals surface area contributed by atoms with E-state index in [0.717, 1.165) is 0 Å². The van der Waals surface area contributed by atoms with E-state index in [4.69, 9.17) is 15.3 Å². The van der Waals surface area contributed by atoms with Crippen LogP contribution >= 0.6 is 0 Å². The molecule has 230 valence electrons. The highest BCUT2D eigenvalue weighted by Gasteiger charge is 2.90. The van der Waals surface area contributed by atoms with Gasteiger partial charge >= 0.3 is 60.1 Å². The molecule has 0 radical (unpaired) electrons. The van der Waals surface area contributed by atoms with E-state index in [1.807, 2.05) is 0 Å². The second-order valence-electron chi connectivity index (χ2n) is 6.65. The topological polar surface area (TPSA) is 88.4 Å². The highest BCUT2D eigenvalue weighted by Crippen LogP contribution is 2.60. The summed E-state index contributed by atoms with van der Waals surface area (Å²) in [4.78, 5) is 0. The number of aliphatic hydroxyl groups is 3. The standard InChI is InChI=1S/C13H9F19O6/c14-4(15,1-33)8(21,22)36-11(27,28)7(20,12(29,30)37-9(23,24)5(16,17)2-34)13(31,32)38-10(25,26)6(18,19)3-35/h33-35H,1-3H2. The molecule has 0 aliphatic carbocycles. The minimum atomic E-state index is -8.74. The zero-order valence-electron chi connectivity index (χ0n) is 16.9. The molecular weight excluding hydrogens is 613 g/mol. The van der Waals surface area contributed by atoms with Crippen molar-refractivity contribution in [1.29, 1.82) is 0 Å². The molecular formula is C13H9F19O6. The first kappa shape index (κ1) is 36.4. The zero-order chi connectivity index (χ0) is 31.2. The molecule has 0 atom stereocenters. The van der Waals surface area contributed by atoms with Gasteiger partial charge in [0.2, 0.25) is 0 Å². The number of halogens is 19. The van der Waals surface area contributed by atoms with Gasteiger partial charge in [0.15, 0.2) is 0 Å². The minimum absolute atomic E-state index is 1.44. The molecule has 0 aliphatic heterocycles. The second kappa shape index (κ2) is 10.1. The quantitative estimate of drug-likeness (QED) is 0.238. The van der Waals surface area contributed by atoms with Crippen molar-refractivity contribution in [3.63, 3.8) is 0 Å². The van der Waals surface area contributed by atoms with Crippen LogP contribution in [-0.2, 0) is 14.2 Å². The molecule has 0 aromatic carbocycles. The maximum absolute atomic E-state index is 14.6. The van der Waals surface area contributed by atoms with E-state index in [9.17, 15) is 83.4 Å². The number of hydrogen-bond donors (Lipinski definition) is 3. The van der Waals surface area contributed by atoms with Gasteiger partial charge in [-0.05, 0) is 0 Å². The fourth-order valence-corrected chi connectivity index (χ4v) is 1.70. The Bertz CT molecular complexity index is 712. The summed E-state index contributed by atoms with van der Waals surface area (Å²) in [5.41, 5.74) is -8.74. The van der Waals surface area contributed by atoms with Crippen LogP contribution in [0.1, 0.15) is 0 Å². The number of rotatable bonds is 15. The van der Waals surface area contributed by atoms with Crippen LogP contribution in [0.25, 0.3) is 0 Å². The molecule has 25 heteroatoms. The van der Waals surface area contributed by atoms with Crippen molar-refractivity contribution < 1.29 is 113 Å². The van der Waals surface area contributed by atoms with Gasteiger partial charge < -0.3 is 15.3 Å². The Kier molecular flexibility index (Phi) is 9.70. The number of alkyl halides is 19. The molecule has 0 heterocycles. The van der Waals surface area contributed by atoms with E-state index in [1.54, 1.807) is 0 Å². The molecule has 0 spiro atoms. The number of ether oxygens (including phenoxy) is 3. The van der Waals surface area contributed by atoms with Crippen LogP contribution in [0.15, 0.2) is 0 Å². The van der Waals surface area contributed by atoms with E-state index in [2.05, 4.69) is 0 Å². The van der Waals surface area contributed by atoms with E-state index >= 15 is 0 Å². The summed E-state index contributed by atoms with van der Waals surface area (Å²) in [6.45, 7) is -10.1. The van der Waals surface area contributed by atoms with Crippen LogP contribution in [0.3, 0.4) is 0 Å². The van der Waals surface area contributed by atoms with Gasteiger partial charge in [-0.15, -0.1) is 0 Å². The summed E-state index contributed by atoms with van der Waals surface area (Å²) in [6.07, 6.45) is -47.2. The summed E-state index contributed by atoms with van der Waals surface area (Å²) < 4.78 is 259.